The van der Waals surface area contributed by atoms with E-state index in [1.54, 1.807) is 11.8 Å². The molecule has 0 saturated carbocycles. The number of thioether (sulfide) groups is 1. The van der Waals surface area contributed by atoms with Crippen molar-refractivity contribution in [2.75, 3.05) is 26.1 Å². The van der Waals surface area contributed by atoms with E-state index in [-0.39, 0.29) is 12.4 Å². The number of nitrogens with one attached hydrogen (secondary N) is 1. The molecule has 4 rings (SSSR count). The Balaban J connectivity index is 1.85. The summed E-state index contributed by atoms with van der Waals surface area (Å²) in [7, 11) is 0. The molecule has 0 bridgehead atoms. The number of ether oxygens (including phenoxy) is 3. The average molecular weight is 426 g/mol. The first-order valence-corrected chi connectivity index (χ1v) is 11.6. The van der Waals surface area contributed by atoms with Crippen molar-refractivity contribution in [2.24, 2.45) is 0 Å². The molecule has 1 aliphatic rings. The molecule has 1 aliphatic heterocycles. The maximum atomic E-state index is 12.6. The molecule has 2 heterocycles. The normalized spacial score (nSPS) is 15.0. The Hall–Kier alpha value is -2.60. The van der Waals surface area contributed by atoms with Crippen LogP contribution in [-0.4, -0.2) is 37.0 Å². The molecule has 0 radical (unpaired) electrons. The van der Waals surface area contributed by atoms with Crippen LogP contribution >= 0.6 is 11.8 Å². The molecule has 3 aromatic rings. The molecule has 2 aromatic carbocycles. The second-order valence-corrected chi connectivity index (χ2v) is 8.51. The fraction of sp³-hybridized carbons (Fsp3) is 0.375. The van der Waals surface area contributed by atoms with Gasteiger partial charge in [-0.3, -0.25) is 4.79 Å². The van der Waals surface area contributed by atoms with Gasteiger partial charge in [0.1, 0.15) is 13.2 Å². The number of hydrogen-bond acceptors (Lipinski definition) is 5. The molecule has 1 aromatic heterocycles. The van der Waals surface area contributed by atoms with Crippen LogP contribution in [0, 0.1) is 0 Å². The van der Waals surface area contributed by atoms with E-state index in [4.69, 9.17) is 14.2 Å². The Kier molecular flexibility index (Phi) is 5.95. The third-order valence-electron chi connectivity index (χ3n) is 5.68. The quantitative estimate of drug-likeness (QED) is 0.536. The molecule has 0 amide bonds. The lowest BCUT2D eigenvalue weighted by Crippen LogP contribution is -2.28. The molecule has 0 spiro atoms. The van der Waals surface area contributed by atoms with Gasteiger partial charge in [-0.1, -0.05) is 31.2 Å². The number of H-pyrrole nitrogens is 1. The van der Waals surface area contributed by atoms with Crippen LogP contribution < -0.4 is 9.47 Å². The van der Waals surface area contributed by atoms with Gasteiger partial charge in [-0.15, -0.1) is 0 Å². The van der Waals surface area contributed by atoms with Crippen LogP contribution in [0.1, 0.15) is 37.0 Å². The Labute approximate surface area is 181 Å². The molecule has 0 aliphatic carbocycles. The molecule has 30 heavy (non-hydrogen) atoms. The predicted molar refractivity (Wildman–Crippen MR) is 121 cm³/mol. The lowest BCUT2D eigenvalue weighted by Gasteiger charge is -2.31. The van der Waals surface area contributed by atoms with Gasteiger partial charge in [0.15, 0.2) is 11.5 Å². The highest BCUT2D eigenvalue weighted by atomic mass is 32.2. The first kappa shape index (κ1) is 20.7. The van der Waals surface area contributed by atoms with E-state index >= 15 is 0 Å². The summed E-state index contributed by atoms with van der Waals surface area (Å²) < 4.78 is 16.8. The number of benzene rings is 2. The molecular weight excluding hydrogens is 398 g/mol. The van der Waals surface area contributed by atoms with Gasteiger partial charge in [0.25, 0.3) is 0 Å². The van der Waals surface area contributed by atoms with E-state index in [0.29, 0.717) is 19.8 Å². The Bertz CT molecular complexity index is 1060. The third kappa shape index (κ3) is 3.76. The monoisotopic (exact) mass is 425 g/mol. The van der Waals surface area contributed by atoms with E-state index in [2.05, 4.69) is 36.4 Å². The van der Waals surface area contributed by atoms with E-state index in [1.165, 1.54) is 5.56 Å². The minimum atomic E-state index is -0.585. The SMILES string of the molecule is CCOC(=O)CC(C)(c1ccc2c(c1)OCCO2)c1c[nH]c2c(CSC)cccc12. The second-order valence-electron chi connectivity index (χ2n) is 7.65. The van der Waals surface area contributed by atoms with Crippen LogP contribution in [0.4, 0.5) is 0 Å². The second kappa shape index (κ2) is 8.64. The van der Waals surface area contributed by atoms with Gasteiger partial charge in [0.2, 0.25) is 0 Å². The van der Waals surface area contributed by atoms with Gasteiger partial charge in [-0.05, 0) is 42.0 Å². The molecular formula is C24H27NO4S. The fourth-order valence-electron chi connectivity index (χ4n) is 4.19. The summed E-state index contributed by atoms with van der Waals surface area (Å²) in [5.41, 5.74) is 3.86. The summed E-state index contributed by atoms with van der Waals surface area (Å²) in [5, 5.41) is 1.13. The van der Waals surface area contributed by atoms with Crippen LogP contribution in [0.15, 0.2) is 42.6 Å². The summed E-state index contributed by atoms with van der Waals surface area (Å²) in [6, 6.07) is 12.3. The van der Waals surface area contributed by atoms with Crippen molar-refractivity contribution in [1.82, 2.24) is 4.98 Å². The maximum absolute atomic E-state index is 12.6. The van der Waals surface area contributed by atoms with Crippen LogP contribution in [0.3, 0.4) is 0 Å². The topological polar surface area (TPSA) is 60.6 Å². The van der Waals surface area contributed by atoms with Crippen molar-refractivity contribution in [3.05, 3.63) is 59.3 Å². The average Bonchev–Trinajstić information content (AvgIpc) is 3.19. The summed E-state index contributed by atoms with van der Waals surface area (Å²) >= 11 is 1.79. The molecule has 0 fully saturated rings. The Morgan fingerprint density at radius 2 is 2.00 bits per heavy atom. The minimum Gasteiger partial charge on any atom is -0.486 e. The number of esters is 1. The molecule has 158 valence electrons. The number of carbonyl (C=O) groups is 1. The van der Waals surface area contributed by atoms with Gasteiger partial charge in [-0.2, -0.15) is 11.8 Å². The zero-order valence-electron chi connectivity index (χ0n) is 17.6. The van der Waals surface area contributed by atoms with E-state index in [1.807, 2.05) is 31.3 Å². The first-order chi connectivity index (χ1) is 14.6. The number of rotatable bonds is 7. The molecule has 1 unspecified atom stereocenters. The maximum Gasteiger partial charge on any atom is 0.307 e. The molecule has 6 heteroatoms. The summed E-state index contributed by atoms with van der Waals surface area (Å²) in [6.45, 7) is 5.37. The summed E-state index contributed by atoms with van der Waals surface area (Å²) in [6.07, 6.45) is 4.37. The third-order valence-corrected chi connectivity index (χ3v) is 6.28. The zero-order chi connectivity index (χ0) is 21.1. The lowest BCUT2D eigenvalue weighted by atomic mass is 9.73. The number of aromatic amines is 1. The molecule has 0 saturated heterocycles. The summed E-state index contributed by atoms with van der Waals surface area (Å²) in [5.74, 6) is 2.17. The van der Waals surface area contributed by atoms with Crippen LogP contribution in [0.5, 0.6) is 11.5 Å². The fourth-order valence-corrected chi connectivity index (χ4v) is 4.74. The number of carbonyl (C=O) groups excluding carboxylic acids is 1. The van der Waals surface area contributed by atoms with E-state index < -0.39 is 5.41 Å². The van der Waals surface area contributed by atoms with Gasteiger partial charge < -0.3 is 19.2 Å². The van der Waals surface area contributed by atoms with Crippen LogP contribution in [0.25, 0.3) is 10.9 Å². The van der Waals surface area contributed by atoms with Crippen molar-refractivity contribution < 1.29 is 19.0 Å². The number of hydrogen-bond donors (Lipinski definition) is 1. The standard InChI is InChI=1S/C24H27NO4S/c1-4-27-22(26)13-24(2,17-8-9-20-21(12-17)29-11-10-28-20)19-14-25-23-16(15-30-3)6-5-7-18(19)23/h5-9,12,14,25H,4,10-11,13,15H2,1-3H3. The Morgan fingerprint density at radius 3 is 2.77 bits per heavy atom. The summed E-state index contributed by atoms with van der Waals surface area (Å²) in [4.78, 5) is 16.1. The number of aromatic nitrogens is 1. The van der Waals surface area contributed by atoms with Gasteiger partial charge >= 0.3 is 5.97 Å². The molecule has 1 atom stereocenters. The Morgan fingerprint density at radius 1 is 1.20 bits per heavy atom. The van der Waals surface area contributed by atoms with Crippen LogP contribution in [-0.2, 0) is 20.7 Å². The van der Waals surface area contributed by atoms with Gasteiger partial charge in [-0.25, -0.2) is 0 Å². The van der Waals surface area contributed by atoms with Gasteiger partial charge in [0.05, 0.1) is 13.0 Å². The molecule has 5 nitrogen and oxygen atoms in total. The van der Waals surface area contributed by atoms with Crippen molar-refractivity contribution in [3.8, 4) is 11.5 Å². The van der Waals surface area contributed by atoms with Crippen molar-refractivity contribution in [3.63, 3.8) is 0 Å². The first-order valence-electron chi connectivity index (χ1n) is 10.2. The smallest absolute Gasteiger partial charge is 0.307 e. The number of fused-ring (bicyclic) bond motifs is 2. The number of para-hydroxylation sites is 1. The highest BCUT2D eigenvalue weighted by molar-refractivity contribution is 7.97. The van der Waals surface area contributed by atoms with E-state index in [0.717, 1.165) is 39.3 Å². The highest BCUT2D eigenvalue weighted by Gasteiger charge is 2.36. The molecule has 1 N–H and O–H groups in total. The van der Waals surface area contributed by atoms with Crippen molar-refractivity contribution >= 4 is 28.6 Å². The largest absolute Gasteiger partial charge is 0.486 e. The lowest BCUT2D eigenvalue weighted by molar-refractivity contribution is -0.144. The predicted octanol–water partition coefficient (Wildman–Crippen LogP) is 5.06. The van der Waals surface area contributed by atoms with Gasteiger partial charge in [0, 0.05) is 28.3 Å². The van der Waals surface area contributed by atoms with Crippen molar-refractivity contribution in [2.45, 2.75) is 31.4 Å². The van der Waals surface area contributed by atoms with Crippen molar-refractivity contribution in [1.29, 1.82) is 0 Å². The zero-order valence-corrected chi connectivity index (χ0v) is 18.4. The highest BCUT2D eigenvalue weighted by Crippen LogP contribution is 2.43. The van der Waals surface area contributed by atoms with E-state index in [9.17, 15) is 4.79 Å². The van der Waals surface area contributed by atoms with Crippen LogP contribution in [0.2, 0.25) is 0 Å². The minimum absolute atomic E-state index is 0.218.